The second-order valence-corrected chi connectivity index (χ2v) is 7.00. The van der Waals surface area contributed by atoms with Crippen molar-refractivity contribution >= 4 is 28.0 Å². The molecule has 5 heteroatoms. The molecule has 1 heterocycles. The minimum absolute atomic E-state index is 0.0345. The number of halogens is 1. The summed E-state index contributed by atoms with van der Waals surface area (Å²) in [6, 6.07) is 18.4. The van der Waals surface area contributed by atoms with Crippen molar-refractivity contribution in [2.24, 2.45) is 0 Å². The van der Waals surface area contributed by atoms with E-state index in [1.165, 1.54) is 5.56 Å². The number of piperazine rings is 1. The smallest absolute Gasteiger partial charge is 0.321 e. The van der Waals surface area contributed by atoms with Crippen molar-refractivity contribution < 1.29 is 4.79 Å². The summed E-state index contributed by atoms with van der Waals surface area (Å²) in [5.41, 5.74) is 2.37. The van der Waals surface area contributed by atoms with Crippen molar-refractivity contribution in [3.8, 4) is 0 Å². The van der Waals surface area contributed by atoms with Crippen LogP contribution in [0.2, 0.25) is 0 Å². The zero-order valence-electron chi connectivity index (χ0n) is 14.1. The normalized spacial score (nSPS) is 15.5. The highest BCUT2D eigenvalue weighted by Gasteiger charge is 2.20. The average molecular weight is 400 g/mol. The summed E-state index contributed by atoms with van der Waals surface area (Å²) in [7, 11) is 0. The van der Waals surface area contributed by atoms with Crippen LogP contribution in [0.5, 0.6) is 0 Å². The zero-order valence-corrected chi connectivity index (χ0v) is 15.7. The van der Waals surface area contributed by atoms with E-state index < -0.39 is 0 Å². The molecule has 0 atom stereocenters. The highest BCUT2D eigenvalue weighted by Crippen LogP contribution is 2.11. The van der Waals surface area contributed by atoms with Gasteiger partial charge in [0.1, 0.15) is 0 Å². The first-order valence-corrected chi connectivity index (χ1v) is 9.24. The Kier molecular flexibility index (Phi) is 6.25. The molecule has 0 aliphatic carbocycles. The molecule has 4 nitrogen and oxygen atoms in total. The number of amides is 2. The summed E-state index contributed by atoms with van der Waals surface area (Å²) in [4.78, 5) is 16.5. The Balaban J connectivity index is 1.43. The van der Waals surface area contributed by atoms with Gasteiger partial charge < -0.3 is 10.2 Å². The molecule has 2 amide bonds. The fourth-order valence-electron chi connectivity index (χ4n) is 2.83. The fraction of sp³-hybridized carbons (Fsp3) is 0.250. The topological polar surface area (TPSA) is 35.6 Å². The molecule has 0 bridgehead atoms. The van der Waals surface area contributed by atoms with Crippen molar-refractivity contribution in [3.05, 3.63) is 76.4 Å². The minimum atomic E-state index is -0.0345. The Morgan fingerprint density at radius 3 is 2.36 bits per heavy atom. The van der Waals surface area contributed by atoms with Gasteiger partial charge in [-0.1, -0.05) is 58.4 Å². The van der Waals surface area contributed by atoms with Crippen LogP contribution in [0.25, 0.3) is 6.08 Å². The highest BCUT2D eigenvalue weighted by atomic mass is 79.9. The summed E-state index contributed by atoms with van der Waals surface area (Å²) < 4.78 is 1.04. The molecule has 2 aromatic rings. The highest BCUT2D eigenvalue weighted by molar-refractivity contribution is 9.10. The Morgan fingerprint density at radius 1 is 1.00 bits per heavy atom. The molecule has 1 aliphatic heterocycles. The molecule has 1 aliphatic rings. The summed E-state index contributed by atoms with van der Waals surface area (Å²) in [6.45, 7) is 4.26. The van der Waals surface area contributed by atoms with Gasteiger partial charge in [0.05, 0.1) is 0 Å². The number of carbonyl (C=O) groups is 1. The van der Waals surface area contributed by atoms with Crippen LogP contribution < -0.4 is 5.32 Å². The number of carbonyl (C=O) groups excluding carboxylic acids is 1. The third kappa shape index (κ3) is 5.44. The molecular formula is C20H22BrN3O. The van der Waals surface area contributed by atoms with E-state index in [9.17, 15) is 4.79 Å². The Hall–Kier alpha value is -2.11. The second-order valence-electron chi connectivity index (χ2n) is 6.08. The zero-order chi connectivity index (χ0) is 17.5. The van der Waals surface area contributed by atoms with Gasteiger partial charge in [-0.15, -0.1) is 0 Å². The van der Waals surface area contributed by atoms with Crippen molar-refractivity contribution in [2.45, 2.75) is 6.54 Å². The maximum absolute atomic E-state index is 12.2. The van der Waals surface area contributed by atoms with Crippen LogP contribution in [0.1, 0.15) is 11.1 Å². The minimum Gasteiger partial charge on any atom is -0.322 e. The Bertz CT molecular complexity index is 707. The van der Waals surface area contributed by atoms with Gasteiger partial charge >= 0.3 is 6.03 Å². The van der Waals surface area contributed by atoms with E-state index in [1.54, 1.807) is 6.20 Å². The number of nitrogens with one attached hydrogen (secondary N) is 1. The molecule has 25 heavy (non-hydrogen) atoms. The Labute approximate surface area is 157 Å². The van der Waals surface area contributed by atoms with Gasteiger partial charge in [0, 0.05) is 43.4 Å². The average Bonchev–Trinajstić information content (AvgIpc) is 2.65. The molecule has 1 saturated heterocycles. The van der Waals surface area contributed by atoms with Crippen molar-refractivity contribution in [2.75, 3.05) is 26.2 Å². The first-order valence-electron chi connectivity index (χ1n) is 8.44. The molecule has 0 aromatic heterocycles. The number of hydrogen-bond donors (Lipinski definition) is 1. The van der Waals surface area contributed by atoms with E-state index in [1.807, 2.05) is 41.3 Å². The van der Waals surface area contributed by atoms with E-state index in [0.717, 1.165) is 42.8 Å². The lowest BCUT2D eigenvalue weighted by Crippen LogP contribution is -2.50. The van der Waals surface area contributed by atoms with Crippen molar-refractivity contribution in [1.82, 2.24) is 15.1 Å². The maximum atomic E-state index is 12.2. The third-order valence-corrected chi connectivity index (χ3v) is 4.79. The van der Waals surface area contributed by atoms with Gasteiger partial charge in [-0.05, 0) is 29.3 Å². The predicted octanol–water partition coefficient (Wildman–Crippen LogP) is 3.95. The van der Waals surface area contributed by atoms with Gasteiger partial charge in [0.25, 0.3) is 0 Å². The largest absolute Gasteiger partial charge is 0.322 e. The van der Waals surface area contributed by atoms with Crippen LogP contribution in [0.3, 0.4) is 0 Å². The summed E-state index contributed by atoms with van der Waals surface area (Å²) in [6.07, 6.45) is 3.61. The van der Waals surface area contributed by atoms with Crippen molar-refractivity contribution in [1.29, 1.82) is 0 Å². The summed E-state index contributed by atoms with van der Waals surface area (Å²) in [5, 5.41) is 2.86. The van der Waals surface area contributed by atoms with Crippen LogP contribution in [-0.4, -0.2) is 42.0 Å². The van der Waals surface area contributed by atoms with Gasteiger partial charge in [-0.25, -0.2) is 4.79 Å². The first kappa shape index (κ1) is 17.7. The molecule has 0 unspecified atom stereocenters. The van der Waals surface area contributed by atoms with E-state index >= 15 is 0 Å². The SMILES string of the molecule is O=C(N/C=C/c1ccc(Br)cc1)N1CCN(Cc2ccccc2)CC1. The standard InChI is InChI=1S/C20H22BrN3O/c21-19-8-6-17(7-9-19)10-11-22-20(25)24-14-12-23(13-15-24)16-18-4-2-1-3-5-18/h1-11H,12-16H2,(H,22,25)/b11-10+. The van der Waals surface area contributed by atoms with Crippen LogP contribution in [0, 0.1) is 0 Å². The number of rotatable bonds is 4. The molecule has 0 saturated carbocycles. The quantitative estimate of drug-likeness (QED) is 0.844. The molecule has 1 fully saturated rings. The first-order chi connectivity index (χ1) is 12.2. The third-order valence-electron chi connectivity index (χ3n) is 4.26. The van der Waals surface area contributed by atoms with Gasteiger partial charge in [0.2, 0.25) is 0 Å². The van der Waals surface area contributed by atoms with Gasteiger partial charge in [-0.3, -0.25) is 4.90 Å². The van der Waals surface area contributed by atoms with Gasteiger partial charge in [-0.2, -0.15) is 0 Å². The number of benzene rings is 2. The molecule has 3 rings (SSSR count). The van der Waals surface area contributed by atoms with E-state index in [2.05, 4.69) is 50.4 Å². The lowest BCUT2D eigenvalue weighted by atomic mass is 10.2. The molecule has 2 aromatic carbocycles. The maximum Gasteiger partial charge on any atom is 0.321 e. The molecule has 0 spiro atoms. The van der Waals surface area contributed by atoms with E-state index in [-0.39, 0.29) is 6.03 Å². The van der Waals surface area contributed by atoms with Crippen LogP contribution in [0.4, 0.5) is 4.79 Å². The van der Waals surface area contributed by atoms with Gasteiger partial charge in [0.15, 0.2) is 0 Å². The lowest BCUT2D eigenvalue weighted by molar-refractivity contribution is 0.137. The number of nitrogens with zero attached hydrogens (tertiary/aromatic N) is 2. The van der Waals surface area contributed by atoms with Crippen LogP contribution in [-0.2, 0) is 6.54 Å². The monoisotopic (exact) mass is 399 g/mol. The molecule has 1 N–H and O–H groups in total. The van der Waals surface area contributed by atoms with Crippen LogP contribution in [0.15, 0.2) is 65.3 Å². The lowest BCUT2D eigenvalue weighted by Gasteiger charge is -2.34. The predicted molar refractivity (Wildman–Crippen MR) is 105 cm³/mol. The number of hydrogen-bond acceptors (Lipinski definition) is 2. The summed E-state index contributed by atoms with van der Waals surface area (Å²) >= 11 is 3.41. The fourth-order valence-corrected chi connectivity index (χ4v) is 3.09. The molecule has 0 radical (unpaired) electrons. The van der Waals surface area contributed by atoms with Crippen LogP contribution >= 0.6 is 15.9 Å². The van der Waals surface area contributed by atoms with E-state index in [4.69, 9.17) is 0 Å². The summed E-state index contributed by atoms with van der Waals surface area (Å²) in [5.74, 6) is 0. The molecular weight excluding hydrogens is 378 g/mol. The second kappa shape index (κ2) is 8.83. The Morgan fingerprint density at radius 2 is 1.68 bits per heavy atom. The number of urea groups is 1. The molecule has 130 valence electrons. The van der Waals surface area contributed by atoms with Crippen molar-refractivity contribution in [3.63, 3.8) is 0 Å². The van der Waals surface area contributed by atoms with E-state index in [0.29, 0.717) is 0 Å².